The average Bonchev–Trinajstić information content (AvgIpc) is 3.00. The van der Waals surface area contributed by atoms with Gasteiger partial charge in [-0.25, -0.2) is 13.2 Å². The Morgan fingerprint density at radius 2 is 1.66 bits per heavy atom. The SMILES string of the molecule is CC(C)(C)[OH+]CC(NS(=O)(=O)Cc1ccccc1)C(=O)NC(CCCCNC(=O)CCC(O)=[OH+])C(=O)[NH2+]Cc1ccc(C(=N)N)cc1. The van der Waals surface area contributed by atoms with Gasteiger partial charge in [-0.1, -0.05) is 54.6 Å². The Balaban J connectivity index is 2.15. The smallest absolute Gasteiger partial charge is 0.428 e. The van der Waals surface area contributed by atoms with Crippen molar-refractivity contribution in [3.63, 3.8) is 0 Å². The standard InChI is InChI=1S/C32H46N6O8S/c1-32(2,3)46-20-26(38-47(44,45)21-23-9-5-4-6-10-23)31(43)37-25(11-7-8-18-35-27(39)16-17-28(40)41)30(42)36-19-22-12-14-24(15-13-22)29(33)34/h4-6,9-10,12-15,25-26,38H,7-8,11,16-21H2,1-3H3,(H3,33,34)(H,35,39)(H,36,42)(H,37,43)(H,40,41)/p+3. The highest BCUT2D eigenvalue weighted by molar-refractivity contribution is 7.88. The number of aliphatic carboxylic acids is 1. The van der Waals surface area contributed by atoms with Crippen molar-refractivity contribution in [2.24, 2.45) is 5.73 Å². The summed E-state index contributed by atoms with van der Waals surface area (Å²) < 4.78 is 33.1. The molecule has 2 aromatic rings. The summed E-state index contributed by atoms with van der Waals surface area (Å²) in [7, 11) is -3.96. The number of aliphatic hydroxyl groups is 2. The van der Waals surface area contributed by atoms with Crippen LogP contribution < -0.4 is 26.4 Å². The van der Waals surface area contributed by atoms with Gasteiger partial charge >= 0.3 is 11.9 Å². The Bertz CT molecular complexity index is 1460. The molecule has 0 fully saturated rings. The highest BCUT2D eigenvalue weighted by Crippen LogP contribution is 2.09. The zero-order chi connectivity index (χ0) is 35.0. The number of amides is 3. The van der Waals surface area contributed by atoms with E-state index in [1.807, 2.05) is 20.8 Å². The molecule has 0 aliphatic heterocycles. The van der Waals surface area contributed by atoms with Gasteiger partial charge in [-0.05, 0) is 24.8 Å². The van der Waals surface area contributed by atoms with Crippen LogP contribution in [0.1, 0.15) is 69.6 Å². The Hall–Kier alpha value is -4.18. The first-order valence-corrected chi connectivity index (χ1v) is 17.0. The molecule has 0 aliphatic rings. The summed E-state index contributed by atoms with van der Waals surface area (Å²) in [6.07, 6.45) is 0.874. The Morgan fingerprint density at radius 1 is 1.00 bits per heavy atom. The quantitative estimate of drug-likeness (QED) is 0.0437. The number of carboxylic acids is 1. The maximum Gasteiger partial charge on any atom is 0.480 e. The predicted molar refractivity (Wildman–Crippen MR) is 179 cm³/mol. The number of nitrogens with two attached hydrogens (primary N) is 2. The third-order valence-electron chi connectivity index (χ3n) is 6.87. The number of hydrogen-bond donors (Lipinski definition) is 7. The van der Waals surface area contributed by atoms with Crippen molar-refractivity contribution in [1.82, 2.24) is 15.4 Å². The topological polar surface area (TPSA) is 242 Å². The number of primary amides is 1. The molecule has 258 valence electrons. The van der Waals surface area contributed by atoms with Crippen molar-refractivity contribution >= 4 is 39.5 Å². The largest absolute Gasteiger partial charge is 0.480 e. The van der Waals surface area contributed by atoms with Crippen molar-refractivity contribution in [3.05, 3.63) is 71.3 Å². The number of nitrogens with one attached hydrogen (secondary N) is 4. The van der Waals surface area contributed by atoms with Gasteiger partial charge < -0.3 is 31.0 Å². The van der Waals surface area contributed by atoms with Crippen LogP contribution in [0.5, 0.6) is 0 Å². The lowest BCUT2D eigenvalue weighted by Gasteiger charge is -2.23. The molecule has 0 heterocycles. The molecule has 47 heavy (non-hydrogen) atoms. The molecular formula is C32H49N6O8S+3. The number of unbranched alkanes of at least 4 members (excludes halogenated alkanes) is 1. The second kappa shape index (κ2) is 18.8. The fraction of sp³-hybridized carbons (Fsp3) is 0.469. The van der Waals surface area contributed by atoms with Crippen molar-refractivity contribution in [2.75, 3.05) is 13.2 Å². The summed E-state index contributed by atoms with van der Waals surface area (Å²) in [4.78, 5) is 47.7. The van der Waals surface area contributed by atoms with E-state index in [0.29, 0.717) is 24.0 Å². The molecule has 0 spiro atoms. The molecule has 2 rings (SSSR count). The first kappa shape index (κ1) is 39.0. The average molecular weight is 678 g/mol. The van der Waals surface area contributed by atoms with Gasteiger partial charge in [0.25, 0.3) is 0 Å². The minimum Gasteiger partial charge on any atom is -0.428 e. The Labute approximate surface area is 275 Å². The zero-order valence-corrected chi connectivity index (χ0v) is 28.0. The number of carbonyl (C=O) groups is 3. The molecule has 14 nitrogen and oxygen atoms in total. The van der Waals surface area contributed by atoms with Crippen molar-refractivity contribution in [2.45, 2.75) is 82.9 Å². The van der Waals surface area contributed by atoms with Crippen LogP contribution in [0.2, 0.25) is 0 Å². The number of nitrogen functional groups attached to an aromatic ring is 1. The number of carboxylic acid groups (broad SMARTS) is 1. The second-order valence-electron chi connectivity index (χ2n) is 12.2. The van der Waals surface area contributed by atoms with E-state index >= 15 is 0 Å². The van der Waals surface area contributed by atoms with E-state index in [0.717, 1.165) is 5.56 Å². The number of benzene rings is 2. The maximum atomic E-state index is 13.6. The minimum atomic E-state index is -3.96. The van der Waals surface area contributed by atoms with Gasteiger partial charge in [0, 0.05) is 44.9 Å². The molecule has 3 amide bonds. The third-order valence-corrected chi connectivity index (χ3v) is 8.22. The van der Waals surface area contributed by atoms with E-state index < -0.39 is 39.6 Å². The summed E-state index contributed by atoms with van der Waals surface area (Å²) in [6.45, 7) is 5.86. The van der Waals surface area contributed by atoms with Crippen LogP contribution in [0, 0.1) is 5.41 Å². The van der Waals surface area contributed by atoms with E-state index in [1.54, 1.807) is 54.6 Å². The molecule has 2 aromatic carbocycles. The van der Waals surface area contributed by atoms with Gasteiger partial charge in [0.2, 0.25) is 21.8 Å². The van der Waals surface area contributed by atoms with Crippen LogP contribution in [0.25, 0.3) is 0 Å². The molecule has 15 heteroatoms. The Kier molecular flexibility index (Phi) is 15.6. The lowest BCUT2D eigenvalue weighted by atomic mass is 10.1. The summed E-state index contributed by atoms with van der Waals surface area (Å²) in [5.74, 6) is -2.66. The number of ether oxygens (including phenoxy) is 1. The van der Waals surface area contributed by atoms with Crippen LogP contribution in [0.15, 0.2) is 54.6 Å². The second-order valence-corrected chi connectivity index (χ2v) is 13.9. The highest BCUT2D eigenvalue weighted by atomic mass is 32.2. The molecule has 0 saturated heterocycles. The lowest BCUT2D eigenvalue weighted by Crippen LogP contribution is -2.90. The monoisotopic (exact) mass is 677 g/mol. The van der Waals surface area contributed by atoms with E-state index in [-0.39, 0.29) is 62.4 Å². The lowest BCUT2D eigenvalue weighted by molar-refractivity contribution is -0.586. The predicted octanol–water partition coefficient (Wildman–Crippen LogP) is -0.0127. The van der Waals surface area contributed by atoms with Gasteiger partial charge in [0.1, 0.15) is 24.8 Å². The molecule has 11 N–H and O–H groups in total. The number of amidine groups is 1. The zero-order valence-electron chi connectivity index (χ0n) is 27.2. The number of rotatable bonds is 20. The van der Waals surface area contributed by atoms with Gasteiger partial charge in [-0.2, -0.15) is 4.72 Å². The summed E-state index contributed by atoms with van der Waals surface area (Å²) in [6, 6.07) is 13.1. The maximum absolute atomic E-state index is 13.6. The number of quaternary nitrogens is 1. The van der Waals surface area contributed by atoms with Crippen LogP contribution in [0.3, 0.4) is 0 Å². The summed E-state index contributed by atoms with van der Waals surface area (Å²) >= 11 is 0. The van der Waals surface area contributed by atoms with Crippen LogP contribution >= 0.6 is 0 Å². The number of carbonyl (C=O) groups excluding carboxylic acids is 3. The number of sulfonamides is 1. The van der Waals surface area contributed by atoms with Crippen LogP contribution in [0.4, 0.5) is 0 Å². The van der Waals surface area contributed by atoms with E-state index in [4.69, 9.17) is 21.0 Å². The Morgan fingerprint density at radius 3 is 2.26 bits per heavy atom. The van der Waals surface area contributed by atoms with Crippen LogP contribution in [-0.4, -0.2) is 83.4 Å². The molecule has 0 aromatic heterocycles. The molecule has 2 atom stereocenters. The van der Waals surface area contributed by atoms with Gasteiger partial charge in [-0.15, -0.1) is 0 Å². The van der Waals surface area contributed by atoms with Gasteiger partial charge in [0.15, 0.2) is 18.2 Å². The molecule has 0 saturated carbocycles. The third kappa shape index (κ3) is 16.3. The molecule has 0 bridgehead atoms. The number of aliphatic hydroxyl groups excluding tert-OH is 1. The molecular weight excluding hydrogens is 628 g/mol. The molecule has 0 aliphatic carbocycles. The van der Waals surface area contributed by atoms with Gasteiger partial charge in [0.05, 0.1) is 5.75 Å². The fourth-order valence-electron chi connectivity index (χ4n) is 4.34. The van der Waals surface area contributed by atoms with E-state index in [1.165, 1.54) is 5.32 Å². The highest BCUT2D eigenvalue weighted by Gasteiger charge is 2.33. The van der Waals surface area contributed by atoms with Gasteiger partial charge in [-0.3, -0.25) is 20.3 Å². The first-order chi connectivity index (χ1) is 22.0. The van der Waals surface area contributed by atoms with Crippen molar-refractivity contribution < 1.29 is 42.8 Å². The first-order valence-electron chi connectivity index (χ1n) is 15.4. The van der Waals surface area contributed by atoms with Crippen molar-refractivity contribution in [1.29, 1.82) is 5.41 Å². The van der Waals surface area contributed by atoms with Crippen molar-refractivity contribution in [3.8, 4) is 0 Å². The summed E-state index contributed by atoms with van der Waals surface area (Å²) in [5.41, 5.74) is 6.85. The van der Waals surface area contributed by atoms with Crippen LogP contribution in [-0.2, 0) is 36.7 Å². The molecule has 0 radical (unpaired) electrons. The number of hydrogen-bond acceptors (Lipinski definition) is 6. The normalized spacial score (nSPS) is 12.9. The molecule has 2 unspecified atom stereocenters. The fourth-order valence-corrected chi connectivity index (χ4v) is 5.67. The van der Waals surface area contributed by atoms with E-state index in [9.17, 15) is 22.8 Å². The summed E-state index contributed by atoms with van der Waals surface area (Å²) in [5, 5.41) is 23.2. The minimum absolute atomic E-state index is 0.0763. The van der Waals surface area contributed by atoms with E-state index in [2.05, 4.69) is 20.1 Å².